The van der Waals surface area contributed by atoms with Gasteiger partial charge in [-0.2, -0.15) is 0 Å². The normalized spacial score (nSPS) is 14.4. The number of thiazole rings is 1. The van der Waals surface area contributed by atoms with Crippen LogP contribution in [0.5, 0.6) is 11.5 Å². The number of hydrogen-bond donors (Lipinski definition) is 0. The van der Waals surface area contributed by atoms with Crippen LogP contribution in [0, 0.1) is 7.14 Å². The van der Waals surface area contributed by atoms with Gasteiger partial charge in [-0.25, -0.2) is 9.79 Å². The molecule has 1 atom stereocenters. The van der Waals surface area contributed by atoms with E-state index in [-0.39, 0.29) is 18.8 Å². The predicted molar refractivity (Wildman–Crippen MR) is 206 cm³/mol. The number of fused-ring (bicyclic) bond motifs is 1. The highest BCUT2D eigenvalue weighted by Gasteiger charge is 2.35. The Hall–Kier alpha value is -3.46. The summed E-state index contributed by atoms with van der Waals surface area (Å²) in [5.74, 6) is 0.800. The van der Waals surface area contributed by atoms with E-state index in [1.807, 2.05) is 104 Å². The fourth-order valence-corrected chi connectivity index (χ4v) is 8.64. The van der Waals surface area contributed by atoms with Gasteiger partial charge in [0.05, 0.1) is 38.6 Å². The zero-order valence-electron chi connectivity index (χ0n) is 25.9. The van der Waals surface area contributed by atoms with Gasteiger partial charge in [-0.05, 0) is 101 Å². The smallest absolute Gasteiger partial charge is 0.338 e. The van der Waals surface area contributed by atoms with Crippen LogP contribution in [-0.2, 0) is 16.1 Å². The second-order valence-electron chi connectivity index (χ2n) is 10.6. The lowest BCUT2D eigenvalue weighted by Gasteiger charge is -2.26. The van der Waals surface area contributed by atoms with Crippen LogP contribution in [0.25, 0.3) is 11.8 Å². The van der Waals surface area contributed by atoms with Crippen LogP contribution in [0.1, 0.15) is 42.1 Å². The third-order valence-corrected chi connectivity index (χ3v) is 10.3. The first-order chi connectivity index (χ1) is 23.3. The maximum atomic E-state index is 14.5. The van der Waals surface area contributed by atoms with E-state index < -0.39 is 12.0 Å². The number of aromatic nitrogens is 1. The van der Waals surface area contributed by atoms with E-state index in [0.717, 1.165) is 29.4 Å². The molecule has 0 spiro atoms. The summed E-state index contributed by atoms with van der Waals surface area (Å²) in [6.07, 6.45) is 1.83. The van der Waals surface area contributed by atoms with Crippen molar-refractivity contribution < 1.29 is 19.0 Å². The van der Waals surface area contributed by atoms with E-state index in [0.29, 0.717) is 43.7 Å². The molecule has 0 N–H and O–H groups in total. The van der Waals surface area contributed by atoms with Crippen molar-refractivity contribution in [3.05, 3.63) is 151 Å². The quantitative estimate of drug-likeness (QED) is 0.106. The minimum atomic E-state index is -0.791. The maximum Gasteiger partial charge on any atom is 0.338 e. The van der Waals surface area contributed by atoms with E-state index in [1.165, 1.54) is 11.3 Å². The minimum Gasteiger partial charge on any atom is -0.494 e. The lowest BCUT2D eigenvalue weighted by atomic mass is 9.93. The van der Waals surface area contributed by atoms with Crippen molar-refractivity contribution in [3.63, 3.8) is 0 Å². The lowest BCUT2D eigenvalue weighted by molar-refractivity contribution is -0.138. The molecule has 0 fully saturated rings. The first-order valence-corrected chi connectivity index (χ1v) is 18.5. The molecule has 6 rings (SSSR count). The van der Waals surface area contributed by atoms with E-state index in [2.05, 4.69) is 45.2 Å². The molecule has 1 aliphatic heterocycles. The Kier molecular flexibility index (Phi) is 11.0. The SMILES string of the molecule is CCOC(=O)C1=C(c2ccccc2)N=c2s/c(=C\c3cc(I)cc(I)c3OCc3ccccc3Cl)c(=O)n2[C@@H]1c1ccc(OCC)cc1. The largest absolute Gasteiger partial charge is 0.494 e. The number of hydrogen-bond acceptors (Lipinski definition) is 7. The molecule has 0 saturated heterocycles. The van der Waals surface area contributed by atoms with Crippen LogP contribution in [0.4, 0.5) is 0 Å². The van der Waals surface area contributed by atoms with Crippen molar-refractivity contribution in [2.24, 2.45) is 4.99 Å². The van der Waals surface area contributed by atoms with E-state index in [4.69, 9.17) is 30.8 Å². The molecular formula is C37H29ClI2N2O5S. The fraction of sp³-hybridized carbons (Fsp3) is 0.162. The van der Waals surface area contributed by atoms with E-state index in [1.54, 1.807) is 11.5 Å². The number of ether oxygens (including phenoxy) is 3. The van der Waals surface area contributed by atoms with Gasteiger partial charge >= 0.3 is 5.97 Å². The summed E-state index contributed by atoms with van der Waals surface area (Å²) in [6.45, 7) is 4.63. The van der Waals surface area contributed by atoms with Crippen molar-refractivity contribution >= 4 is 85.9 Å². The second-order valence-corrected chi connectivity index (χ2v) is 14.4. The van der Waals surface area contributed by atoms with Crippen molar-refractivity contribution in [2.75, 3.05) is 13.2 Å². The Morgan fingerprint density at radius 1 is 0.958 bits per heavy atom. The molecule has 0 radical (unpaired) electrons. The Morgan fingerprint density at radius 2 is 1.69 bits per heavy atom. The lowest BCUT2D eigenvalue weighted by Crippen LogP contribution is -2.40. The number of esters is 1. The molecular weight excluding hydrogens is 874 g/mol. The summed E-state index contributed by atoms with van der Waals surface area (Å²) in [4.78, 5) is 33.7. The van der Waals surface area contributed by atoms with Gasteiger partial charge < -0.3 is 14.2 Å². The first-order valence-electron chi connectivity index (χ1n) is 15.2. The third kappa shape index (κ3) is 7.26. The molecule has 5 aromatic rings. The van der Waals surface area contributed by atoms with Gasteiger partial charge in [-0.1, -0.05) is 83.6 Å². The highest BCUT2D eigenvalue weighted by Crippen LogP contribution is 2.36. The Morgan fingerprint density at radius 3 is 2.40 bits per heavy atom. The Balaban J connectivity index is 1.56. The molecule has 2 heterocycles. The van der Waals surface area contributed by atoms with Crippen molar-refractivity contribution in [2.45, 2.75) is 26.5 Å². The molecule has 0 aliphatic carbocycles. The van der Waals surface area contributed by atoms with Gasteiger partial charge in [0.15, 0.2) is 4.80 Å². The number of rotatable bonds is 10. The van der Waals surface area contributed by atoms with E-state index >= 15 is 0 Å². The number of carbonyl (C=O) groups excluding carboxylic acids is 1. The second kappa shape index (κ2) is 15.4. The zero-order chi connectivity index (χ0) is 33.8. The molecule has 244 valence electrons. The molecule has 1 aromatic heterocycles. The third-order valence-electron chi connectivity index (χ3n) is 7.53. The molecule has 4 aromatic carbocycles. The fourth-order valence-electron chi connectivity index (χ4n) is 5.42. The van der Waals surface area contributed by atoms with E-state index in [9.17, 15) is 9.59 Å². The molecule has 0 amide bonds. The predicted octanol–water partition coefficient (Wildman–Crippen LogP) is 7.78. The molecule has 0 saturated carbocycles. The van der Waals surface area contributed by atoms with Crippen LogP contribution in [-0.4, -0.2) is 23.8 Å². The van der Waals surface area contributed by atoms with Gasteiger partial charge in [0, 0.05) is 25.3 Å². The monoisotopic (exact) mass is 902 g/mol. The first kappa shape index (κ1) is 34.4. The summed E-state index contributed by atoms with van der Waals surface area (Å²) in [5.41, 5.74) is 3.55. The van der Waals surface area contributed by atoms with Crippen LogP contribution in [0.2, 0.25) is 5.02 Å². The zero-order valence-corrected chi connectivity index (χ0v) is 31.8. The number of halogens is 3. The van der Waals surface area contributed by atoms with Gasteiger partial charge in [-0.3, -0.25) is 9.36 Å². The maximum absolute atomic E-state index is 14.5. The van der Waals surface area contributed by atoms with Crippen LogP contribution < -0.4 is 24.4 Å². The number of carbonyl (C=O) groups is 1. The highest BCUT2D eigenvalue weighted by atomic mass is 127. The number of nitrogens with zero attached hydrogens (tertiary/aromatic N) is 2. The highest BCUT2D eigenvalue weighted by molar-refractivity contribution is 14.1. The Bertz CT molecular complexity index is 2200. The van der Waals surface area contributed by atoms with Gasteiger partial charge in [0.1, 0.15) is 18.1 Å². The molecule has 7 nitrogen and oxygen atoms in total. The van der Waals surface area contributed by atoms with Crippen LogP contribution in [0.3, 0.4) is 0 Å². The molecule has 0 bridgehead atoms. The topological polar surface area (TPSA) is 79.1 Å². The van der Waals surface area contributed by atoms with Crippen LogP contribution >= 0.6 is 68.1 Å². The molecule has 48 heavy (non-hydrogen) atoms. The summed E-state index contributed by atoms with van der Waals surface area (Å²) in [7, 11) is 0. The Labute approximate surface area is 313 Å². The minimum absolute atomic E-state index is 0.174. The molecule has 1 aliphatic rings. The summed E-state index contributed by atoms with van der Waals surface area (Å²) >= 11 is 12.2. The number of benzene rings is 4. The van der Waals surface area contributed by atoms with Gasteiger partial charge in [0.25, 0.3) is 5.56 Å². The average Bonchev–Trinajstić information content (AvgIpc) is 3.39. The van der Waals surface area contributed by atoms with Crippen molar-refractivity contribution in [3.8, 4) is 11.5 Å². The van der Waals surface area contributed by atoms with Gasteiger partial charge in [0.2, 0.25) is 0 Å². The van der Waals surface area contributed by atoms with Crippen molar-refractivity contribution in [1.29, 1.82) is 0 Å². The van der Waals surface area contributed by atoms with Crippen molar-refractivity contribution in [1.82, 2.24) is 4.57 Å². The molecule has 11 heteroatoms. The summed E-state index contributed by atoms with van der Waals surface area (Å²) in [6, 6.07) is 27.7. The van der Waals surface area contributed by atoms with Crippen LogP contribution in [0.15, 0.2) is 106 Å². The summed E-state index contributed by atoms with van der Waals surface area (Å²) < 4.78 is 21.5. The summed E-state index contributed by atoms with van der Waals surface area (Å²) in [5, 5.41) is 0.619. The van der Waals surface area contributed by atoms with Gasteiger partial charge in [-0.15, -0.1) is 0 Å². The standard InChI is InChI=1S/C37H29ClI2N2O5S/c1-3-45-27-16-14-23(15-17-27)33-31(36(44)46-4-2)32(22-10-6-5-7-11-22)41-37-42(33)35(43)30(48-37)19-25-18-26(39)20-29(40)34(25)47-21-24-12-8-9-13-28(24)38/h5-20,33H,3-4,21H2,1-2H3/b30-19-/t33-/m1/s1. The average molecular weight is 903 g/mol. The molecule has 0 unspecified atom stereocenters.